The van der Waals surface area contributed by atoms with Gasteiger partial charge in [0.15, 0.2) is 0 Å². The smallest absolute Gasteiger partial charge is 0.211 e. The summed E-state index contributed by atoms with van der Waals surface area (Å²) in [4.78, 5) is 0. The molecule has 0 atom stereocenters. The molecule has 0 unspecified atom stereocenters. The van der Waals surface area contributed by atoms with Crippen LogP contribution in [0.3, 0.4) is 0 Å². The topological polar surface area (TPSA) is 58.2 Å². The van der Waals surface area contributed by atoms with Crippen molar-refractivity contribution in [2.24, 2.45) is 5.41 Å². The first-order chi connectivity index (χ1) is 7.27. The second kappa shape index (κ2) is 7.25. The van der Waals surface area contributed by atoms with Gasteiger partial charge in [-0.3, -0.25) is 0 Å². The van der Waals surface area contributed by atoms with E-state index in [-0.39, 0.29) is 11.2 Å². The van der Waals surface area contributed by atoms with Crippen LogP contribution in [0.1, 0.15) is 40.5 Å². The lowest BCUT2D eigenvalue weighted by atomic mass is 9.93. The van der Waals surface area contributed by atoms with Gasteiger partial charge in [-0.2, -0.15) is 0 Å². The molecule has 0 spiro atoms. The van der Waals surface area contributed by atoms with E-state index < -0.39 is 10.0 Å². The zero-order chi connectivity index (χ0) is 12.7. The molecule has 0 heterocycles. The van der Waals surface area contributed by atoms with Crippen LogP contribution in [0.25, 0.3) is 0 Å². The summed E-state index contributed by atoms with van der Waals surface area (Å²) in [6, 6.07) is 0. The lowest BCUT2D eigenvalue weighted by Crippen LogP contribution is -2.30. The fraction of sp³-hybridized carbons (Fsp3) is 1.00. The van der Waals surface area contributed by atoms with E-state index in [9.17, 15) is 8.42 Å². The van der Waals surface area contributed by atoms with E-state index in [0.717, 1.165) is 19.5 Å². The fourth-order valence-electron chi connectivity index (χ4n) is 1.22. The van der Waals surface area contributed by atoms with Crippen LogP contribution >= 0.6 is 0 Å². The molecular weight excluding hydrogens is 224 g/mol. The summed E-state index contributed by atoms with van der Waals surface area (Å²) in [6.45, 7) is 10.5. The Morgan fingerprint density at radius 3 is 2.25 bits per heavy atom. The first-order valence-corrected chi connectivity index (χ1v) is 7.60. The van der Waals surface area contributed by atoms with Crippen LogP contribution in [0.2, 0.25) is 0 Å². The van der Waals surface area contributed by atoms with Crippen molar-refractivity contribution in [3.8, 4) is 0 Å². The number of hydrogen-bond acceptors (Lipinski definition) is 3. The Kier molecular flexibility index (Phi) is 7.19. The molecule has 0 saturated carbocycles. The molecule has 0 bridgehead atoms. The largest absolute Gasteiger partial charge is 0.317 e. The van der Waals surface area contributed by atoms with Crippen LogP contribution < -0.4 is 10.0 Å². The van der Waals surface area contributed by atoms with E-state index in [4.69, 9.17) is 0 Å². The highest BCUT2D eigenvalue weighted by atomic mass is 32.2. The van der Waals surface area contributed by atoms with Crippen molar-refractivity contribution in [3.63, 3.8) is 0 Å². The third-order valence-corrected chi connectivity index (χ3v) is 3.68. The van der Waals surface area contributed by atoms with Crippen LogP contribution in [-0.2, 0) is 10.0 Å². The van der Waals surface area contributed by atoms with Gasteiger partial charge in [0.25, 0.3) is 0 Å². The van der Waals surface area contributed by atoms with Gasteiger partial charge in [0.05, 0.1) is 5.75 Å². The Hall–Kier alpha value is -0.130. The quantitative estimate of drug-likeness (QED) is 0.639. The van der Waals surface area contributed by atoms with Gasteiger partial charge >= 0.3 is 0 Å². The van der Waals surface area contributed by atoms with E-state index in [1.54, 1.807) is 0 Å². The molecular formula is C11H26N2O2S. The molecule has 0 aliphatic carbocycles. The number of rotatable bonds is 8. The highest BCUT2D eigenvalue weighted by Crippen LogP contribution is 2.17. The van der Waals surface area contributed by atoms with Gasteiger partial charge in [-0.05, 0) is 31.3 Å². The van der Waals surface area contributed by atoms with Crippen molar-refractivity contribution < 1.29 is 8.42 Å². The lowest BCUT2D eigenvalue weighted by molar-refractivity contribution is 0.378. The summed E-state index contributed by atoms with van der Waals surface area (Å²) >= 11 is 0. The van der Waals surface area contributed by atoms with Gasteiger partial charge in [-0.1, -0.05) is 27.7 Å². The molecule has 98 valence electrons. The maximum Gasteiger partial charge on any atom is 0.211 e. The van der Waals surface area contributed by atoms with Crippen LogP contribution in [0.5, 0.6) is 0 Å². The highest BCUT2D eigenvalue weighted by Gasteiger charge is 2.13. The number of hydrogen-bond donors (Lipinski definition) is 2. The third-order valence-electron chi connectivity index (χ3n) is 2.21. The first-order valence-electron chi connectivity index (χ1n) is 5.95. The maximum absolute atomic E-state index is 11.5. The summed E-state index contributed by atoms with van der Waals surface area (Å²) in [5.74, 6) is 0.212. The van der Waals surface area contributed by atoms with Crippen molar-refractivity contribution in [3.05, 3.63) is 0 Å². The Labute approximate surface area is 100 Å². The second-order valence-corrected chi connectivity index (χ2v) is 7.16. The standard InChI is InChI=1S/C11H26N2O2S/c1-5-12-8-6-10-16(14,15)13-9-7-11(2,3)4/h12-13H,5-10H2,1-4H3. The summed E-state index contributed by atoms with van der Waals surface area (Å²) < 4.78 is 25.7. The van der Waals surface area contributed by atoms with Gasteiger partial charge in [0.1, 0.15) is 0 Å². The molecule has 0 aromatic heterocycles. The molecule has 0 radical (unpaired) electrons. The molecule has 0 fully saturated rings. The van der Waals surface area contributed by atoms with Crippen molar-refractivity contribution in [2.75, 3.05) is 25.4 Å². The Morgan fingerprint density at radius 2 is 1.75 bits per heavy atom. The molecule has 0 aliphatic rings. The van der Waals surface area contributed by atoms with E-state index in [0.29, 0.717) is 13.0 Å². The fourth-order valence-corrected chi connectivity index (χ4v) is 2.30. The van der Waals surface area contributed by atoms with Crippen LogP contribution in [0, 0.1) is 5.41 Å². The molecule has 16 heavy (non-hydrogen) atoms. The Morgan fingerprint density at radius 1 is 1.12 bits per heavy atom. The Bertz CT molecular complexity index is 268. The number of nitrogens with one attached hydrogen (secondary N) is 2. The molecule has 2 N–H and O–H groups in total. The van der Waals surface area contributed by atoms with E-state index >= 15 is 0 Å². The molecule has 4 nitrogen and oxygen atoms in total. The second-order valence-electron chi connectivity index (χ2n) is 5.23. The SMILES string of the molecule is CCNCCCS(=O)(=O)NCCC(C)(C)C. The van der Waals surface area contributed by atoms with Gasteiger partial charge in [-0.25, -0.2) is 13.1 Å². The first kappa shape index (κ1) is 15.9. The zero-order valence-electron chi connectivity index (χ0n) is 11.0. The van der Waals surface area contributed by atoms with Crippen molar-refractivity contribution in [2.45, 2.75) is 40.5 Å². The predicted octanol–water partition coefficient (Wildman–Crippen LogP) is 1.34. The van der Waals surface area contributed by atoms with E-state index in [1.165, 1.54) is 0 Å². The van der Waals surface area contributed by atoms with Crippen LogP contribution in [-0.4, -0.2) is 33.8 Å². The van der Waals surface area contributed by atoms with Gasteiger partial charge in [0.2, 0.25) is 10.0 Å². The summed E-state index contributed by atoms with van der Waals surface area (Å²) in [6.07, 6.45) is 1.53. The highest BCUT2D eigenvalue weighted by molar-refractivity contribution is 7.89. The summed E-state index contributed by atoms with van der Waals surface area (Å²) in [7, 11) is -3.07. The van der Waals surface area contributed by atoms with E-state index in [1.807, 2.05) is 6.92 Å². The average Bonchev–Trinajstić information content (AvgIpc) is 2.10. The summed E-state index contributed by atoms with van der Waals surface area (Å²) in [5.41, 5.74) is 0.173. The lowest BCUT2D eigenvalue weighted by Gasteiger charge is -2.18. The van der Waals surface area contributed by atoms with Crippen LogP contribution in [0.4, 0.5) is 0 Å². The minimum atomic E-state index is -3.07. The molecule has 0 saturated heterocycles. The Balaban J connectivity index is 3.71. The molecule has 0 rings (SSSR count). The molecule has 0 aromatic carbocycles. The van der Waals surface area contributed by atoms with Gasteiger partial charge in [0, 0.05) is 6.54 Å². The van der Waals surface area contributed by atoms with Crippen molar-refractivity contribution >= 4 is 10.0 Å². The van der Waals surface area contributed by atoms with Crippen LogP contribution in [0.15, 0.2) is 0 Å². The third kappa shape index (κ3) is 10.4. The molecule has 0 aromatic rings. The minimum absolute atomic E-state index is 0.173. The maximum atomic E-state index is 11.5. The normalized spacial score (nSPS) is 13.0. The molecule has 5 heteroatoms. The minimum Gasteiger partial charge on any atom is -0.317 e. The predicted molar refractivity (Wildman–Crippen MR) is 69.0 cm³/mol. The summed E-state index contributed by atoms with van der Waals surface area (Å²) in [5, 5.41) is 3.11. The number of sulfonamides is 1. The van der Waals surface area contributed by atoms with Gasteiger partial charge < -0.3 is 5.32 Å². The van der Waals surface area contributed by atoms with Gasteiger partial charge in [-0.15, -0.1) is 0 Å². The average molecular weight is 250 g/mol. The zero-order valence-corrected chi connectivity index (χ0v) is 11.8. The monoisotopic (exact) mass is 250 g/mol. The van der Waals surface area contributed by atoms with Crippen molar-refractivity contribution in [1.29, 1.82) is 0 Å². The van der Waals surface area contributed by atoms with Crippen molar-refractivity contribution in [1.82, 2.24) is 10.0 Å². The van der Waals surface area contributed by atoms with E-state index in [2.05, 4.69) is 30.8 Å². The molecule has 0 aliphatic heterocycles. The molecule has 0 amide bonds.